The number of rotatable bonds is 2. The van der Waals surface area contributed by atoms with E-state index in [4.69, 9.17) is 4.74 Å². The van der Waals surface area contributed by atoms with Gasteiger partial charge in [-0.15, -0.1) is 0 Å². The first-order valence-corrected chi connectivity index (χ1v) is 6.97. The number of anilines is 1. The van der Waals surface area contributed by atoms with Crippen molar-refractivity contribution in [2.24, 2.45) is 0 Å². The second-order valence-corrected chi connectivity index (χ2v) is 5.96. The van der Waals surface area contributed by atoms with Crippen LogP contribution in [0.15, 0.2) is 6.20 Å². The highest BCUT2D eigenvalue weighted by atomic mass is 16.6. The van der Waals surface area contributed by atoms with Crippen molar-refractivity contribution < 1.29 is 9.53 Å². The van der Waals surface area contributed by atoms with Gasteiger partial charge in [-0.25, -0.2) is 14.7 Å². The molecule has 0 N–H and O–H groups in total. The van der Waals surface area contributed by atoms with Crippen LogP contribution in [0.2, 0.25) is 0 Å². The van der Waals surface area contributed by atoms with Crippen LogP contribution in [0.25, 0.3) is 0 Å². The Morgan fingerprint density at radius 2 is 2.16 bits per heavy atom. The fraction of sp³-hybridized carbons (Fsp3) is 0.714. The van der Waals surface area contributed by atoms with E-state index in [1.54, 1.807) is 4.90 Å². The first kappa shape index (κ1) is 13.9. The third-order valence-corrected chi connectivity index (χ3v) is 2.95. The highest BCUT2D eigenvalue weighted by Gasteiger charge is 2.29. The zero-order valence-corrected chi connectivity index (χ0v) is 12.3. The molecular weight excluding hydrogens is 242 g/mol. The zero-order valence-electron chi connectivity index (χ0n) is 12.3. The molecule has 0 bridgehead atoms. The molecule has 0 aromatic carbocycles. The molecule has 5 nitrogen and oxygen atoms in total. The van der Waals surface area contributed by atoms with Crippen molar-refractivity contribution in [2.45, 2.75) is 59.1 Å². The van der Waals surface area contributed by atoms with Crippen LogP contribution in [0.1, 0.15) is 46.2 Å². The van der Waals surface area contributed by atoms with Crippen LogP contribution in [-0.4, -0.2) is 27.8 Å². The molecule has 5 heteroatoms. The van der Waals surface area contributed by atoms with Gasteiger partial charge >= 0.3 is 6.09 Å². The minimum atomic E-state index is -0.474. The summed E-state index contributed by atoms with van der Waals surface area (Å²) in [7, 11) is 0. The van der Waals surface area contributed by atoms with Gasteiger partial charge in [-0.3, -0.25) is 0 Å². The number of nitrogens with zero attached hydrogens (tertiary/aromatic N) is 3. The lowest BCUT2D eigenvalue weighted by Crippen LogP contribution is -2.41. The van der Waals surface area contributed by atoms with E-state index in [0.29, 0.717) is 6.54 Å². The Balaban J connectivity index is 2.19. The summed E-state index contributed by atoms with van der Waals surface area (Å²) in [4.78, 5) is 18.4. The van der Waals surface area contributed by atoms with E-state index < -0.39 is 5.60 Å². The summed E-state index contributed by atoms with van der Waals surface area (Å²) in [6, 6.07) is 0. The lowest BCUT2D eigenvalue weighted by molar-refractivity contribution is 0.0572. The number of amides is 1. The van der Waals surface area contributed by atoms with E-state index in [0.717, 1.165) is 37.4 Å². The Labute approximate surface area is 114 Å². The summed E-state index contributed by atoms with van der Waals surface area (Å²) in [6.45, 7) is 9.37. The van der Waals surface area contributed by atoms with Crippen LogP contribution in [0.3, 0.4) is 0 Å². The molecular formula is C14H23N3O2. The summed E-state index contributed by atoms with van der Waals surface area (Å²) in [6.07, 6.45) is 4.69. The SMILES string of the molecule is CCCc1cn2c(n1)N(C(=O)OC(C)(C)C)CCC2. The fourth-order valence-electron chi connectivity index (χ4n) is 2.20. The smallest absolute Gasteiger partial charge is 0.417 e. The van der Waals surface area contributed by atoms with Gasteiger partial charge < -0.3 is 9.30 Å². The van der Waals surface area contributed by atoms with E-state index >= 15 is 0 Å². The maximum Gasteiger partial charge on any atom is 0.417 e. The molecule has 0 saturated carbocycles. The van der Waals surface area contributed by atoms with Gasteiger partial charge in [-0.1, -0.05) is 13.3 Å². The second kappa shape index (κ2) is 5.23. The van der Waals surface area contributed by atoms with Gasteiger partial charge in [0.05, 0.1) is 5.69 Å². The molecule has 0 saturated heterocycles. The molecule has 2 heterocycles. The van der Waals surface area contributed by atoms with Crippen molar-refractivity contribution in [1.82, 2.24) is 9.55 Å². The molecule has 1 aliphatic rings. The predicted molar refractivity (Wildman–Crippen MR) is 74.4 cm³/mol. The normalized spacial score (nSPS) is 15.3. The van der Waals surface area contributed by atoms with Crippen molar-refractivity contribution in [3.05, 3.63) is 11.9 Å². The lowest BCUT2D eigenvalue weighted by Gasteiger charge is -2.29. The molecule has 1 aromatic heterocycles. The molecule has 0 atom stereocenters. The highest BCUT2D eigenvalue weighted by Crippen LogP contribution is 2.23. The fourth-order valence-corrected chi connectivity index (χ4v) is 2.20. The van der Waals surface area contributed by atoms with Crippen molar-refractivity contribution in [3.63, 3.8) is 0 Å². The van der Waals surface area contributed by atoms with E-state index in [-0.39, 0.29) is 6.09 Å². The maximum atomic E-state index is 12.2. The molecule has 19 heavy (non-hydrogen) atoms. The number of hydrogen-bond donors (Lipinski definition) is 0. The van der Waals surface area contributed by atoms with E-state index in [9.17, 15) is 4.79 Å². The van der Waals surface area contributed by atoms with E-state index in [1.807, 2.05) is 20.8 Å². The molecule has 0 fully saturated rings. The summed E-state index contributed by atoms with van der Waals surface area (Å²) < 4.78 is 7.49. The van der Waals surface area contributed by atoms with Gasteiger partial charge in [0, 0.05) is 19.3 Å². The standard InChI is InChI=1S/C14H23N3O2/c1-5-7-11-10-16-8-6-9-17(12(16)15-11)13(18)19-14(2,3)4/h10H,5-9H2,1-4H3. The van der Waals surface area contributed by atoms with Crippen molar-refractivity contribution in [1.29, 1.82) is 0 Å². The first-order valence-electron chi connectivity index (χ1n) is 6.97. The molecule has 1 aliphatic heterocycles. The van der Waals surface area contributed by atoms with Gasteiger partial charge in [0.2, 0.25) is 5.95 Å². The number of carbonyl (C=O) groups is 1. The predicted octanol–water partition coefficient (Wildman–Crippen LogP) is 2.98. The number of ether oxygens (including phenoxy) is 1. The van der Waals surface area contributed by atoms with E-state index in [2.05, 4.69) is 22.7 Å². The summed E-state index contributed by atoms with van der Waals surface area (Å²) in [5.41, 5.74) is 0.575. The number of aromatic nitrogens is 2. The number of aryl methyl sites for hydroxylation is 2. The number of hydrogen-bond acceptors (Lipinski definition) is 3. The number of imidazole rings is 1. The minimum absolute atomic E-state index is 0.304. The quantitative estimate of drug-likeness (QED) is 0.826. The average Bonchev–Trinajstić information content (AvgIpc) is 2.68. The molecule has 1 amide bonds. The van der Waals surface area contributed by atoms with Crippen LogP contribution in [-0.2, 0) is 17.7 Å². The van der Waals surface area contributed by atoms with Crippen LogP contribution < -0.4 is 4.90 Å². The first-order chi connectivity index (χ1) is 8.90. The van der Waals surface area contributed by atoms with Crippen molar-refractivity contribution in [2.75, 3.05) is 11.4 Å². The Hall–Kier alpha value is -1.52. The third kappa shape index (κ3) is 3.28. The molecule has 0 unspecified atom stereocenters. The maximum absolute atomic E-state index is 12.2. The highest BCUT2D eigenvalue weighted by molar-refractivity contribution is 5.86. The zero-order chi connectivity index (χ0) is 14.0. The molecule has 0 aliphatic carbocycles. The molecule has 0 spiro atoms. The minimum Gasteiger partial charge on any atom is -0.443 e. The number of carbonyl (C=O) groups excluding carboxylic acids is 1. The van der Waals surface area contributed by atoms with Crippen LogP contribution in [0.4, 0.5) is 10.7 Å². The number of fused-ring (bicyclic) bond motifs is 1. The Morgan fingerprint density at radius 1 is 1.42 bits per heavy atom. The van der Waals surface area contributed by atoms with Gasteiger partial charge in [-0.05, 0) is 33.6 Å². The van der Waals surface area contributed by atoms with Crippen molar-refractivity contribution in [3.8, 4) is 0 Å². The molecule has 106 valence electrons. The summed E-state index contributed by atoms with van der Waals surface area (Å²) in [5.74, 6) is 0.726. The molecule has 2 rings (SSSR count). The van der Waals surface area contributed by atoms with Gasteiger partial charge in [0.1, 0.15) is 5.60 Å². The van der Waals surface area contributed by atoms with Crippen LogP contribution >= 0.6 is 0 Å². The van der Waals surface area contributed by atoms with Crippen LogP contribution in [0, 0.1) is 0 Å². The van der Waals surface area contributed by atoms with Crippen molar-refractivity contribution >= 4 is 12.0 Å². The largest absolute Gasteiger partial charge is 0.443 e. The molecule has 0 radical (unpaired) electrons. The Bertz CT molecular complexity index is 460. The Kier molecular flexibility index (Phi) is 3.83. The van der Waals surface area contributed by atoms with Crippen LogP contribution in [0.5, 0.6) is 0 Å². The summed E-state index contributed by atoms with van der Waals surface area (Å²) >= 11 is 0. The topological polar surface area (TPSA) is 47.4 Å². The third-order valence-electron chi connectivity index (χ3n) is 2.95. The lowest BCUT2D eigenvalue weighted by atomic mass is 10.2. The monoisotopic (exact) mass is 265 g/mol. The Morgan fingerprint density at radius 3 is 2.79 bits per heavy atom. The van der Waals surface area contributed by atoms with Gasteiger partial charge in [0.15, 0.2) is 0 Å². The van der Waals surface area contributed by atoms with E-state index in [1.165, 1.54) is 0 Å². The average molecular weight is 265 g/mol. The second-order valence-electron chi connectivity index (χ2n) is 5.96. The summed E-state index contributed by atoms with van der Waals surface area (Å²) in [5, 5.41) is 0. The van der Waals surface area contributed by atoms with Gasteiger partial charge in [-0.2, -0.15) is 0 Å². The van der Waals surface area contributed by atoms with Gasteiger partial charge in [0.25, 0.3) is 0 Å². The molecule has 1 aromatic rings.